The summed E-state index contributed by atoms with van der Waals surface area (Å²) in [6, 6.07) is 9.16. The van der Waals surface area contributed by atoms with Crippen molar-refractivity contribution in [1.82, 2.24) is 5.06 Å². The zero-order valence-corrected chi connectivity index (χ0v) is 8.79. The van der Waals surface area contributed by atoms with Crippen LogP contribution in [-0.4, -0.2) is 32.9 Å². The van der Waals surface area contributed by atoms with Crippen LogP contribution in [0.3, 0.4) is 0 Å². The van der Waals surface area contributed by atoms with Crippen molar-refractivity contribution in [2.45, 2.75) is 26.1 Å². The molecule has 4 heteroatoms. The van der Waals surface area contributed by atoms with E-state index in [1.807, 2.05) is 37.3 Å². The Morgan fingerprint density at radius 1 is 1.27 bits per heavy atom. The molecule has 15 heavy (non-hydrogen) atoms. The van der Waals surface area contributed by atoms with Crippen molar-refractivity contribution in [3.8, 4) is 0 Å². The Labute approximate surface area is 88.6 Å². The van der Waals surface area contributed by atoms with Gasteiger partial charge in [0.05, 0.1) is 0 Å². The lowest BCUT2D eigenvalue weighted by Gasteiger charge is -2.13. The minimum absolute atomic E-state index is 0.264. The molecule has 1 N–H and O–H groups in total. The molecule has 2 unspecified atom stereocenters. The molecule has 0 saturated heterocycles. The van der Waals surface area contributed by atoms with Crippen molar-refractivity contribution in [2.75, 3.05) is 0 Å². The maximum atomic E-state index is 11.8. The summed E-state index contributed by atoms with van der Waals surface area (Å²) >= 11 is 0. The topological polar surface area (TPSA) is 49.5 Å². The molecule has 1 aromatic carbocycles. The van der Waals surface area contributed by atoms with Crippen molar-refractivity contribution >= 4 is 5.71 Å². The molecule has 0 amide bonds. The monoisotopic (exact) mass is 206 g/mol. The Morgan fingerprint density at radius 3 is 2.33 bits per heavy atom. The van der Waals surface area contributed by atoms with Crippen LogP contribution in [0, 0.1) is 5.21 Å². The molecule has 0 radical (unpaired) electrons. The third-order valence-electron chi connectivity index (χ3n) is 2.82. The van der Waals surface area contributed by atoms with E-state index >= 15 is 0 Å². The summed E-state index contributed by atoms with van der Waals surface area (Å²) in [5.41, 5.74) is 1.48. The van der Waals surface area contributed by atoms with E-state index in [1.54, 1.807) is 6.92 Å². The Morgan fingerprint density at radius 2 is 1.87 bits per heavy atom. The van der Waals surface area contributed by atoms with Crippen LogP contribution in [-0.2, 0) is 0 Å². The Bertz CT molecular complexity index is 389. The largest absolute Gasteiger partial charge is 0.622 e. The van der Waals surface area contributed by atoms with Gasteiger partial charge in [0.25, 0.3) is 0 Å². The van der Waals surface area contributed by atoms with E-state index in [4.69, 9.17) is 0 Å². The third kappa shape index (κ3) is 1.52. The first kappa shape index (κ1) is 10.1. The van der Waals surface area contributed by atoms with E-state index in [9.17, 15) is 10.4 Å². The number of hydrogen-bond acceptors (Lipinski definition) is 3. The standard InChI is InChI=1S/C11H14N2O2/c1-8-11(10-6-4-3-5-7-10)13(15)9(2)12(8)14/h3-9,14H,1-2H3. The lowest BCUT2D eigenvalue weighted by Crippen LogP contribution is -2.35. The summed E-state index contributed by atoms with van der Waals surface area (Å²) in [6.45, 7) is 3.50. The maximum Gasteiger partial charge on any atom is 0.238 e. The van der Waals surface area contributed by atoms with Gasteiger partial charge in [0.2, 0.25) is 11.9 Å². The highest BCUT2D eigenvalue weighted by Gasteiger charge is 2.40. The first-order chi connectivity index (χ1) is 7.13. The smallest absolute Gasteiger partial charge is 0.238 e. The first-order valence-electron chi connectivity index (χ1n) is 4.98. The van der Waals surface area contributed by atoms with Crippen LogP contribution in [0.15, 0.2) is 30.3 Å². The average Bonchev–Trinajstić information content (AvgIpc) is 2.45. The fourth-order valence-corrected chi connectivity index (χ4v) is 1.92. The molecular formula is C11H14N2O2. The van der Waals surface area contributed by atoms with Crippen LogP contribution in [0.4, 0.5) is 0 Å². The minimum atomic E-state index is -0.518. The molecule has 1 aliphatic rings. The van der Waals surface area contributed by atoms with Gasteiger partial charge in [0.1, 0.15) is 6.04 Å². The molecular weight excluding hydrogens is 192 g/mol. The van der Waals surface area contributed by atoms with Crippen molar-refractivity contribution < 1.29 is 9.95 Å². The van der Waals surface area contributed by atoms with Gasteiger partial charge in [-0.25, -0.2) is 0 Å². The van der Waals surface area contributed by atoms with Crippen molar-refractivity contribution in [3.05, 3.63) is 41.1 Å². The number of hydroxylamine groups is 3. The molecule has 80 valence electrons. The quantitative estimate of drug-likeness (QED) is 0.558. The van der Waals surface area contributed by atoms with Gasteiger partial charge < -0.3 is 10.4 Å². The highest BCUT2D eigenvalue weighted by molar-refractivity contribution is 6.01. The summed E-state index contributed by atoms with van der Waals surface area (Å²) in [5.74, 6) is 0. The van der Waals surface area contributed by atoms with Crippen LogP contribution in [0.2, 0.25) is 0 Å². The summed E-state index contributed by atoms with van der Waals surface area (Å²) in [5, 5.41) is 22.5. The van der Waals surface area contributed by atoms with E-state index < -0.39 is 6.17 Å². The molecule has 4 nitrogen and oxygen atoms in total. The summed E-state index contributed by atoms with van der Waals surface area (Å²) < 4.78 is 0.861. The minimum Gasteiger partial charge on any atom is -0.622 e. The van der Waals surface area contributed by atoms with Gasteiger partial charge in [-0.05, 0) is 19.1 Å². The summed E-state index contributed by atoms with van der Waals surface area (Å²) in [6.07, 6.45) is -0.518. The van der Waals surface area contributed by atoms with Gasteiger partial charge in [0, 0.05) is 12.5 Å². The van der Waals surface area contributed by atoms with Crippen LogP contribution in [0.1, 0.15) is 19.4 Å². The van der Waals surface area contributed by atoms with Crippen molar-refractivity contribution in [3.63, 3.8) is 0 Å². The molecule has 1 heterocycles. The highest BCUT2D eigenvalue weighted by atomic mass is 16.5. The van der Waals surface area contributed by atoms with Crippen LogP contribution < -0.4 is 0 Å². The second-order valence-corrected chi connectivity index (χ2v) is 3.76. The molecule has 1 aliphatic heterocycles. The maximum absolute atomic E-state index is 11.8. The van der Waals surface area contributed by atoms with Crippen LogP contribution in [0.5, 0.6) is 0 Å². The Hall–Kier alpha value is -1.39. The summed E-state index contributed by atoms with van der Waals surface area (Å²) in [7, 11) is 0. The van der Waals surface area contributed by atoms with Crippen LogP contribution in [0.25, 0.3) is 0 Å². The molecule has 0 fully saturated rings. The van der Waals surface area contributed by atoms with E-state index in [2.05, 4.69) is 0 Å². The van der Waals surface area contributed by atoms with Crippen molar-refractivity contribution in [2.24, 2.45) is 0 Å². The molecule has 0 aliphatic carbocycles. The molecule has 1 aromatic rings. The molecule has 0 aromatic heterocycles. The number of rotatable bonds is 1. The normalized spacial score (nSPS) is 27.4. The number of nitrogens with zero attached hydrogens (tertiary/aromatic N) is 2. The van der Waals surface area contributed by atoms with Gasteiger partial charge in [-0.2, -0.15) is 4.74 Å². The predicted octanol–water partition coefficient (Wildman–Crippen LogP) is 1.43. The fraction of sp³-hybridized carbons (Fsp3) is 0.364. The average molecular weight is 206 g/mol. The van der Waals surface area contributed by atoms with Crippen LogP contribution >= 0.6 is 0 Å². The van der Waals surface area contributed by atoms with Gasteiger partial charge in [-0.15, -0.1) is 5.06 Å². The second kappa shape index (κ2) is 3.64. The molecule has 0 bridgehead atoms. The molecule has 0 spiro atoms. The molecule has 2 atom stereocenters. The zero-order chi connectivity index (χ0) is 11.0. The van der Waals surface area contributed by atoms with E-state index in [0.717, 1.165) is 15.4 Å². The third-order valence-corrected chi connectivity index (χ3v) is 2.82. The Balaban J connectivity index is 2.45. The van der Waals surface area contributed by atoms with Crippen molar-refractivity contribution in [1.29, 1.82) is 0 Å². The van der Waals surface area contributed by atoms with E-state index in [1.165, 1.54) is 0 Å². The summed E-state index contributed by atoms with van der Waals surface area (Å²) in [4.78, 5) is 0. The zero-order valence-electron chi connectivity index (χ0n) is 8.79. The predicted molar refractivity (Wildman–Crippen MR) is 56.7 cm³/mol. The SMILES string of the molecule is CC1C(c2ccccc2)=[N+]([O-])C(C)N1O. The molecule has 2 rings (SSSR count). The van der Waals surface area contributed by atoms with Gasteiger partial charge in [-0.1, -0.05) is 18.2 Å². The lowest BCUT2D eigenvalue weighted by atomic mass is 10.1. The Kier molecular flexibility index (Phi) is 2.46. The number of hydrogen-bond donors (Lipinski definition) is 1. The molecule has 0 saturated carbocycles. The van der Waals surface area contributed by atoms with Gasteiger partial charge >= 0.3 is 0 Å². The second-order valence-electron chi connectivity index (χ2n) is 3.76. The number of benzene rings is 1. The van der Waals surface area contributed by atoms with Gasteiger partial charge in [-0.3, -0.25) is 0 Å². The van der Waals surface area contributed by atoms with E-state index in [0.29, 0.717) is 5.71 Å². The van der Waals surface area contributed by atoms with Gasteiger partial charge in [0.15, 0.2) is 0 Å². The lowest BCUT2D eigenvalue weighted by molar-refractivity contribution is -0.530. The van der Waals surface area contributed by atoms with E-state index in [-0.39, 0.29) is 6.04 Å². The fourth-order valence-electron chi connectivity index (χ4n) is 1.92. The first-order valence-corrected chi connectivity index (χ1v) is 4.98. The highest BCUT2D eigenvalue weighted by Crippen LogP contribution is 2.18.